The Morgan fingerprint density at radius 2 is 1.10 bits per heavy atom. The highest BCUT2D eigenvalue weighted by Gasteiger charge is 2.30. The lowest BCUT2D eigenvalue weighted by molar-refractivity contribution is -0.127. The van der Waals surface area contributed by atoms with Gasteiger partial charge in [0.2, 0.25) is 12.1 Å². The van der Waals surface area contributed by atoms with E-state index in [9.17, 15) is 45.1 Å². The fourth-order valence-electron chi connectivity index (χ4n) is 6.32. The summed E-state index contributed by atoms with van der Waals surface area (Å²) in [5.74, 6) is -4.34. The molecule has 2 amide bonds. The minimum absolute atomic E-state index is 0.0672. The second kappa shape index (κ2) is 17.9. The first kappa shape index (κ1) is 44.9. The first-order valence-corrected chi connectivity index (χ1v) is 21.4. The third-order valence-electron chi connectivity index (χ3n) is 9.95. The fraction of sp³-hybridized carbons (Fsp3) is 0.282. The summed E-state index contributed by atoms with van der Waals surface area (Å²) in [6, 6.07) is 13.7. The largest absolute Gasteiger partial charge is 0.322 e. The molecule has 5 unspecified atom stereocenters. The van der Waals surface area contributed by atoms with Crippen LogP contribution < -0.4 is 10.6 Å². The van der Waals surface area contributed by atoms with Crippen LogP contribution in [0.4, 0.5) is 22.7 Å². The molecule has 11 rings (SSSR count). The zero-order chi connectivity index (χ0) is 43.6. The molecule has 310 valence electrons. The number of hydrogen-bond acceptors (Lipinski definition) is 12. The van der Waals surface area contributed by atoms with Gasteiger partial charge in [-0.1, -0.05) is 68.2 Å². The van der Waals surface area contributed by atoms with Gasteiger partial charge in [-0.25, -0.2) is 0 Å². The van der Waals surface area contributed by atoms with Crippen LogP contribution in [0.3, 0.4) is 0 Å². The molecule has 16 nitrogen and oxygen atoms in total. The quantitative estimate of drug-likeness (QED) is 0.112. The van der Waals surface area contributed by atoms with Crippen LogP contribution in [0.2, 0.25) is 10.0 Å². The zero-order valence-electron chi connectivity index (χ0n) is 32.0. The van der Waals surface area contributed by atoms with Crippen LogP contribution in [0.5, 0.6) is 0 Å². The summed E-state index contributed by atoms with van der Waals surface area (Å²) in [5.41, 5.74) is 1.53. The number of nitrogens with one attached hydrogen (secondary N) is 2. The molecule has 4 aromatic carbocycles. The number of ketones is 2. The lowest BCUT2D eigenvalue weighted by Crippen LogP contribution is -2.32. The van der Waals surface area contributed by atoms with Gasteiger partial charge in [-0.3, -0.25) is 28.3 Å². The molecule has 0 radical (unpaired) electrons. The Bertz CT molecular complexity index is 2660. The van der Waals surface area contributed by atoms with E-state index in [1.54, 1.807) is 18.2 Å². The first-order chi connectivity index (χ1) is 27.5. The fourth-order valence-corrected chi connectivity index (χ4v) is 8.13. The van der Waals surface area contributed by atoms with Gasteiger partial charge in [-0.05, 0) is 109 Å². The Balaban J connectivity index is 1.62. The molecule has 0 spiro atoms. The van der Waals surface area contributed by atoms with Crippen molar-refractivity contribution in [3.63, 3.8) is 0 Å². The van der Waals surface area contributed by atoms with E-state index in [0.717, 1.165) is 13.8 Å². The normalized spacial score (nSPS) is 20.7. The van der Waals surface area contributed by atoms with E-state index >= 15 is 0 Å². The minimum Gasteiger partial charge on any atom is -0.322 e. The maximum absolute atomic E-state index is 13.4. The summed E-state index contributed by atoms with van der Waals surface area (Å²) in [6.07, 6.45) is 0.252. The van der Waals surface area contributed by atoms with Crippen LogP contribution in [0.25, 0.3) is 11.1 Å². The number of halogens is 2. The third-order valence-corrected chi connectivity index (χ3v) is 12.3. The molecule has 0 saturated carbocycles. The second-order valence-corrected chi connectivity index (χ2v) is 17.7. The van der Waals surface area contributed by atoms with Gasteiger partial charge in [0, 0.05) is 0 Å². The van der Waals surface area contributed by atoms with Gasteiger partial charge in [0.25, 0.3) is 32.1 Å². The molecule has 0 aromatic heterocycles. The summed E-state index contributed by atoms with van der Waals surface area (Å²) in [4.78, 5) is 50.6. The lowest BCUT2D eigenvalue weighted by Gasteiger charge is -2.27. The van der Waals surface area contributed by atoms with Gasteiger partial charge in [-0.2, -0.15) is 37.3 Å². The average Bonchev–Trinajstić information content (AvgIpc) is 3.14. The lowest BCUT2D eigenvalue weighted by atomic mass is 9.78. The van der Waals surface area contributed by atoms with E-state index in [-0.39, 0.29) is 57.0 Å². The molecule has 59 heavy (non-hydrogen) atoms. The maximum atomic E-state index is 13.4. The molecular weight excluding hydrogens is 848 g/mol. The number of carbonyl (C=O) groups excluding carboxylic acids is 4. The number of Topliss-reactive ketones (excluding diaryl/α,β-unsaturated/α-hetero) is 2. The predicted octanol–water partition coefficient (Wildman–Crippen LogP) is 8.45. The van der Waals surface area contributed by atoms with Crippen LogP contribution in [0.1, 0.15) is 51.7 Å². The highest BCUT2D eigenvalue weighted by molar-refractivity contribution is 7.86. The molecule has 7 aliphatic heterocycles. The van der Waals surface area contributed by atoms with Crippen molar-refractivity contribution < 1.29 is 45.1 Å². The van der Waals surface area contributed by atoms with Crippen molar-refractivity contribution in [1.29, 1.82) is 0 Å². The van der Waals surface area contributed by atoms with Gasteiger partial charge < -0.3 is 10.6 Å². The van der Waals surface area contributed by atoms with Crippen molar-refractivity contribution in [3.8, 4) is 11.1 Å². The van der Waals surface area contributed by atoms with E-state index in [1.165, 1.54) is 54.6 Å². The van der Waals surface area contributed by atoms with Crippen LogP contribution >= 0.6 is 23.2 Å². The number of amides is 2. The van der Waals surface area contributed by atoms with Crippen molar-refractivity contribution in [2.45, 2.75) is 68.8 Å². The van der Waals surface area contributed by atoms with E-state index in [0.29, 0.717) is 22.3 Å². The highest BCUT2D eigenvalue weighted by Crippen LogP contribution is 2.37. The molecule has 0 saturated heterocycles. The number of nitrogens with zero attached hydrogens (tertiary/aromatic N) is 4. The van der Waals surface area contributed by atoms with Crippen LogP contribution in [-0.2, 0) is 45.8 Å². The summed E-state index contributed by atoms with van der Waals surface area (Å²) in [7, 11) is -9.84. The van der Waals surface area contributed by atoms with Crippen molar-refractivity contribution in [3.05, 3.63) is 94.0 Å². The second-order valence-electron chi connectivity index (χ2n) is 14.1. The summed E-state index contributed by atoms with van der Waals surface area (Å²) < 4.78 is 70.6. The smallest absolute Gasteiger partial charge is 0.296 e. The van der Waals surface area contributed by atoms with E-state index in [4.69, 9.17) is 23.2 Å². The molecule has 4 N–H and O–H groups in total. The van der Waals surface area contributed by atoms with Gasteiger partial charge in [0.15, 0.2) is 11.6 Å². The van der Waals surface area contributed by atoms with Crippen molar-refractivity contribution in [2.24, 2.45) is 32.3 Å². The number of rotatable bonds is 4. The average molecular weight is 886 g/mol. The topological polar surface area (TPSA) is 251 Å². The summed E-state index contributed by atoms with van der Waals surface area (Å²) in [5, 5.41) is 20.7. The molecule has 20 heteroatoms. The molecule has 7 heterocycles. The Hall–Kier alpha value is -5.24. The Labute approximate surface area is 350 Å². The summed E-state index contributed by atoms with van der Waals surface area (Å²) >= 11 is 13.0. The SMILES string of the molecule is CC(=O)C1N=Nc2ccc(cc2Cl)-c2ccc(c(Cl)c2)N=NC(C(C)=O)C(=O)Nc2ccc(cc2S(=O)(=O)O)C(C)C(C)C(C)Cc2ccc(c(S(=O)(=O)O)c2)NC1=O. The highest BCUT2D eigenvalue weighted by atomic mass is 35.5. The zero-order valence-corrected chi connectivity index (χ0v) is 35.2. The third kappa shape index (κ3) is 10.7. The van der Waals surface area contributed by atoms with E-state index < -0.39 is 65.5 Å². The minimum atomic E-state index is -4.93. The number of azo groups is 2. The van der Waals surface area contributed by atoms with Gasteiger partial charge in [0.1, 0.15) is 21.2 Å². The first-order valence-electron chi connectivity index (χ1n) is 17.8. The Morgan fingerprint density at radius 3 is 1.53 bits per heavy atom. The van der Waals surface area contributed by atoms with E-state index in [1.807, 2.05) is 20.8 Å². The van der Waals surface area contributed by atoms with Crippen LogP contribution in [0.15, 0.2) is 103 Å². The van der Waals surface area contributed by atoms with Crippen molar-refractivity contribution in [2.75, 3.05) is 10.6 Å². The van der Waals surface area contributed by atoms with E-state index in [2.05, 4.69) is 31.1 Å². The molecule has 8 bridgehead atoms. The number of benzene rings is 4. The predicted molar refractivity (Wildman–Crippen MR) is 220 cm³/mol. The molecule has 4 aromatic rings. The number of carbonyl (C=O) groups is 4. The summed E-state index contributed by atoms with van der Waals surface area (Å²) in [6.45, 7) is 7.74. The van der Waals surface area contributed by atoms with Crippen LogP contribution in [-0.4, -0.2) is 61.4 Å². The number of anilines is 2. The number of hydrogen-bond donors (Lipinski definition) is 4. The molecule has 0 fully saturated rings. The van der Waals surface area contributed by atoms with Crippen molar-refractivity contribution >= 4 is 89.6 Å². The molecule has 5 atom stereocenters. The standard InChI is InChI=1S/C39H38Cl2N6O10S2/c1-19-14-24-6-10-32(34(15-24)58(52,53)54)42-38(50)36(22(4)48)46-44-30-11-8-26(16-28(30)40)27-9-12-31(29(41)17-27)45-47-37(23(5)49)39(51)43-33-13-7-25(21(3)20(19)2)18-35(33)59(55,56)57/h6-13,15-21,36-37H,14H2,1-5H3,(H,42,50)(H,43,51)(H,52,53,54)(H,55,56,57). The maximum Gasteiger partial charge on any atom is 0.296 e. The molecule has 0 aliphatic carbocycles. The van der Waals surface area contributed by atoms with Gasteiger partial charge in [-0.15, -0.1) is 0 Å². The molecule has 7 aliphatic rings. The van der Waals surface area contributed by atoms with Crippen LogP contribution in [0, 0.1) is 11.8 Å². The monoisotopic (exact) mass is 884 g/mol. The van der Waals surface area contributed by atoms with Crippen molar-refractivity contribution in [1.82, 2.24) is 0 Å². The Morgan fingerprint density at radius 1 is 0.661 bits per heavy atom. The van der Waals surface area contributed by atoms with Gasteiger partial charge >= 0.3 is 0 Å². The Kier molecular flexibility index (Phi) is 13.6. The molecular formula is C39H38Cl2N6O10S2. The van der Waals surface area contributed by atoms with Gasteiger partial charge in [0.05, 0.1) is 21.4 Å².